The van der Waals surface area contributed by atoms with E-state index in [1.807, 2.05) is 22.7 Å². The van der Waals surface area contributed by atoms with Gasteiger partial charge in [0, 0.05) is 39.0 Å². The molecule has 0 saturated carbocycles. The normalized spacial score (nSPS) is 23.6. The van der Waals surface area contributed by atoms with Crippen LogP contribution in [0.1, 0.15) is 12.2 Å². The van der Waals surface area contributed by atoms with Gasteiger partial charge in [0.1, 0.15) is 5.82 Å². The maximum atomic E-state index is 11.2. The highest BCUT2D eigenvalue weighted by Gasteiger charge is 2.38. The van der Waals surface area contributed by atoms with E-state index in [4.69, 9.17) is 10.2 Å². The maximum Gasteiger partial charge on any atom is 0.308 e. The third-order valence-electron chi connectivity index (χ3n) is 3.90. The van der Waals surface area contributed by atoms with Gasteiger partial charge in [-0.15, -0.1) is 0 Å². The van der Waals surface area contributed by atoms with E-state index in [0.717, 1.165) is 12.2 Å². The number of rotatable bonds is 5. The first-order valence-electron chi connectivity index (χ1n) is 6.63. The second kappa shape index (κ2) is 6.04. The van der Waals surface area contributed by atoms with E-state index in [1.54, 1.807) is 6.20 Å². The van der Waals surface area contributed by atoms with Crippen LogP contribution in [0.25, 0.3) is 0 Å². The van der Waals surface area contributed by atoms with Crippen molar-refractivity contribution in [2.24, 2.45) is 18.9 Å². The molecule has 0 bridgehead atoms. The first kappa shape index (κ1) is 14.5. The summed E-state index contributed by atoms with van der Waals surface area (Å²) in [5.74, 6) is -2.71. The molecule has 1 aromatic heterocycles. The van der Waals surface area contributed by atoms with Gasteiger partial charge >= 0.3 is 11.9 Å². The number of carboxylic acid groups (broad SMARTS) is 2. The predicted octanol–water partition coefficient (Wildman–Crippen LogP) is 0.0699. The van der Waals surface area contributed by atoms with E-state index in [9.17, 15) is 9.59 Å². The number of piperidine rings is 1. The van der Waals surface area contributed by atoms with Crippen molar-refractivity contribution in [1.29, 1.82) is 0 Å². The van der Waals surface area contributed by atoms with Crippen molar-refractivity contribution in [1.82, 2.24) is 14.5 Å². The van der Waals surface area contributed by atoms with Crippen molar-refractivity contribution in [2.75, 3.05) is 19.6 Å². The third-order valence-corrected chi connectivity index (χ3v) is 3.90. The zero-order valence-electron chi connectivity index (χ0n) is 11.4. The number of aromatic nitrogens is 2. The standard InChI is InChI=1S/C13H19N3O4/c1-15-7-4-14-11(15)3-6-16-5-2-9(12(17)18)10(8-16)13(19)20/h4,7,9-10H,2-3,5-6,8H2,1H3,(H,17,18)(H,19,20). The van der Waals surface area contributed by atoms with Crippen LogP contribution in [-0.4, -0.2) is 56.2 Å². The molecule has 1 saturated heterocycles. The molecule has 0 radical (unpaired) electrons. The Labute approximate surface area is 116 Å². The number of carboxylic acids is 2. The van der Waals surface area contributed by atoms with Gasteiger partial charge in [0.2, 0.25) is 0 Å². The summed E-state index contributed by atoms with van der Waals surface area (Å²) in [5.41, 5.74) is 0. The molecule has 7 nitrogen and oxygen atoms in total. The zero-order valence-corrected chi connectivity index (χ0v) is 11.4. The van der Waals surface area contributed by atoms with Crippen LogP contribution in [-0.2, 0) is 23.1 Å². The lowest BCUT2D eigenvalue weighted by atomic mass is 9.85. The molecule has 20 heavy (non-hydrogen) atoms. The smallest absolute Gasteiger partial charge is 0.308 e. The van der Waals surface area contributed by atoms with Crippen LogP contribution in [0.4, 0.5) is 0 Å². The summed E-state index contributed by atoms with van der Waals surface area (Å²) in [6, 6.07) is 0. The van der Waals surface area contributed by atoms with Crippen molar-refractivity contribution < 1.29 is 19.8 Å². The number of aryl methyl sites for hydroxylation is 1. The monoisotopic (exact) mass is 281 g/mol. The summed E-state index contributed by atoms with van der Waals surface area (Å²) >= 11 is 0. The first-order chi connectivity index (χ1) is 9.49. The summed E-state index contributed by atoms with van der Waals surface area (Å²) in [6.07, 6.45) is 4.71. The third kappa shape index (κ3) is 3.16. The SMILES string of the molecule is Cn1ccnc1CCN1CCC(C(=O)O)C(C(=O)O)C1. The van der Waals surface area contributed by atoms with Gasteiger partial charge < -0.3 is 19.7 Å². The summed E-state index contributed by atoms with van der Waals surface area (Å²) in [5, 5.41) is 18.2. The minimum atomic E-state index is -1.03. The Morgan fingerprint density at radius 3 is 2.60 bits per heavy atom. The van der Waals surface area contributed by atoms with Gasteiger partial charge in [0.25, 0.3) is 0 Å². The molecule has 0 spiro atoms. The van der Waals surface area contributed by atoms with Gasteiger partial charge in [0.05, 0.1) is 11.8 Å². The van der Waals surface area contributed by atoms with Gasteiger partial charge in [-0.05, 0) is 13.0 Å². The van der Waals surface area contributed by atoms with E-state index in [-0.39, 0.29) is 6.54 Å². The topological polar surface area (TPSA) is 95.7 Å². The minimum absolute atomic E-state index is 0.288. The molecule has 2 heterocycles. The number of likely N-dealkylation sites (tertiary alicyclic amines) is 1. The van der Waals surface area contributed by atoms with E-state index in [1.165, 1.54) is 0 Å². The highest BCUT2D eigenvalue weighted by molar-refractivity contribution is 5.80. The first-order valence-corrected chi connectivity index (χ1v) is 6.63. The van der Waals surface area contributed by atoms with E-state index in [0.29, 0.717) is 19.5 Å². The second-order valence-corrected chi connectivity index (χ2v) is 5.18. The van der Waals surface area contributed by atoms with Gasteiger partial charge in [-0.2, -0.15) is 0 Å². The summed E-state index contributed by atoms with van der Waals surface area (Å²) in [6.45, 7) is 1.60. The molecule has 110 valence electrons. The quantitative estimate of drug-likeness (QED) is 0.793. The number of imidazole rings is 1. The lowest BCUT2D eigenvalue weighted by molar-refractivity contribution is -0.157. The Morgan fingerprint density at radius 2 is 2.05 bits per heavy atom. The molecule has 1 aliphatic heterocycles. The van der Waals surface area contributed by atoms with Gasteiger partial charge in [0.15, 0.2) is 0 Å². The second-order valence-electron chi connectivity index (χ2n) is 5.18. The molecule has 2 atom stereocenters. The average molecular weight is 281 g/mol. The van der Waals surface area contributed by atoms with Crippen molar-refractivity contribution in [3.8, 4) is 0 Å². The van der Waals surface area contributed by atoms with Crippen molar-refractivity contribution in [2.45, 2.75) is 12.8 Å². The van der Waals surface area contributed by atoms with Crippen LogP contribution in [0.3, 0.4) is 0 Å². The molecule has 2 unspecified atom stereocenters. The van der Waals surface area contributed by atoms with Gasteiger partial charge in [-0.1, -0.05) is 0 Å². The lowest BCUT2D eigenvalue weighted by Crippen LogP contribution is -2.47. The van der Waals surface area contributed by atoms with Crippen LogP contribution in [0, 0.1) is 11.8 Å². The molecular weight excluding hydrogens is 262 g/mol. The van der Waals surface area contributed by atoms with Crippen molar-refractivity contribution in [3.05, 3.63) is 18.2 Å². The van der Waals surface area contributed by atoms with E-state index in [2.05, 4.69) is 4.98 Å². The highest BCUT2D eigenvalue weighted by Crippen LogP contribution is 2.24. The van der Waals surface area contributed by atoms with Gasteiger partial charge in [-0.3, -0.25) is 9.59 Å². The molecule has 0 aliphatic carbocycles. The Morgan fingerprint density at radius 1 is 1.35 bits per heavy atom. The van der Waals surface area contributed by atoms with Gasteiger partial charge in [-0.25, -0.2) is 4.98 Å². The minimum Gasteiger partial charge on any atom is -0.481 e. The largest absolute Gasteiger partial charge is 0.481 e. The Bertz CT molecular complexity index is 500. The van der Waals surface area contributed by atoms with E-state index >= 15 is 0 Å². The van der Waals surface area contributed by atoms with Crippen molar-refractivity contribution >= 4 is 11.9 Å². The molecule has 7 heteroatoms. The fraction of sp³-hybridized carbons (Fsp3) is 0.615. The fourth-order valence-electron chi connectivity index (χ4n) is 2.66. The molecular formula is C13H19N3O4. The number of carbonyl (C=O) groups is 2. The maximum absolute atomic E-state index is 11.2. The predicted molar refractivity (Wildman–Crippen MR) is 70.2 cm³/mol. The number of aliphatic carboxylic acids is 2. The molecule has 2 N–H and O–H groups in total. The van der Waals surface area contributed by atoms with Crippen LogP contribution in [0.5, 0.6) is 0 Å². The lowest BCUT2D eigenvalue weighted by Gasteiger charge is -2.34. The molecule has 2 rings (SSSR count). The van der Waals surface area contributed by atoms with Crippen LogP contribution in [0.2, 0.25) is 0 Å². The number of hydrogen-bond donors (Lipinski definition) is 2. The molecule has 0 aromatic carbocycles. The number of hydrogen-bond acceptors (Lipinski definition) is 4. The molecule has 1 fully saturated rings. The van der Waals surface area contributed by atoms with Crippen LogP contribution in [0.15, 0.2) is 12.4 Å². The van der Waals surface area contributed by atoms with Crippen molar-refractivity contribution in [3.63, 3.8) is 0 Å². The zero-order chi connectivity index (χ0) is 14.7. The molecule has 0 amide bonds. The Balaban J connectivity index is 1.93. The highest BCUT2D eigenvalue weighted by atomic mass is 16.4. The fourth-order valence-corrected chi connectivity index (χ4v) is 2.66. The Hall–Kier alpha value is -1.89. The average Bonchev–Trinajstić information content (AvgIpc) is 2.81. The van der Waals surface area contributed by atoms with E-state index < -0.39 is 23.8 Å². The molecule has 1 aromatic rings. The summed E-state index contributed by atoms with van der Waals surface area (Å²) < 4.78 is 1.93. The Kier molecular flexibility index (Phi) is 4.39. The van der Waals surface area contributed by atoms with Crippen LogP contribution >= 0.6 is 0 Å². The summed E-state index contributed by atoms with van der Waals surface area (Å²) in [4.78, 5) is 28.5. The number of nitrogens with zero attached hydrogens (tertiary/aromatic N) is 3. The summed E-state index contributed by atoms with van der Waals surface area (Å²) in [7, 11) is 1.92. The molecule has 1 aliphatic rings. The van der Waals surface area contributed by atoms with Crippen LogP contribution < -0.4 is 0 Å².